The summed E-state index contributed by atoms with van der Waals surface area (Å²) >= 11 is 0. The van der Waals surface area contributed by atoms with E-state index in [1.54, 1.807) is 0 Å². The van der Waals surface area contributed by atoms with Gasteiger partial charge in [0.1, 0.15) is 11.9 Å². The van der Waals surface area contributed by atoms with Gasteiger partial charge in [-0.25, -0.2) is 9.18 Å². The second kappa shape index (κ2) is 6.17. The van der Waals surface area contributed by atoms with Gasteiger partial charge in [-0.1, -0.05) is 6.07 Å². The number of hydrogen-bond donors (Lipinski definition) is 0. The quantitative estimate of drug-likeness (QED) is 0.631. The third-order valence-corrected chi connectivity index (χ3v) is 3.92. The molecule has 0 spiro atoms. The molecule has 2 rings (SSSR count). The predicted molar refractivity (Wildman–Crippen MR) is 71.7 cm³/mol. The van der Waals surface area contributed by atoms with E-state index in [-0.39, 0.29) is 18.4 Å². The minimum atomic E-state index is -4.77. The summed E-state index contributed by atoms with van der Waals surface area (Å²) < 4.78 is 57.2. The third kappa shape index (κ3) is 3.30. The molecule has 0 aliphatic carbocycles. The van der Waals surface area contributed by atoms with Crippen LogP contribution in [0.3, 0.4) is 0 Å². The lowest BCUT2D eigenvalue weighted by Gasteiger charge is -2.31. The Morgan fingerprint density at radius 3 is 2.61 bits per heavy atom. The van der Waals surface area contributed by atoms with Gasteiger partial charge in [-0.3, -0.25) is 4.79 Å². The van der Waals surface area contributed by atoms with Crippen LogP contribution in [0.5, 0.6) is 0 Å². The molecule has 23 heavy (non-hydrogen) atoms. The van der Waals surface area contributed by atoms with Gasteiger partial charge in [0, 0.05) is 6.42 Å². The second-order valence-electron chi connectivity index (χ2n) is 5.28. The summed E-state index contributed by atoms with van der Waals surface area (Å²) in [6, 6.07) is 0.303. The molecule has 0 radical (unpaired) electrons. The number of carbonyl (C=O) groups is 2. The molecule has 1 aromatic carbocycles. The summed E-state index contributed by atoms with van der Waals surface area (Å²) in [6.45, 7) is 1.38. The van der Waals surface area contributed by atoms with Gasteiger partial charge in [-0.15, -0.1) is 0 Å². The van der Waals surface area contributed by atoms with Gasteiger partial charge in [-0.05, 0) is 31.0 Å². The van der Waals surface area contributed by atoms with E-state index in [1.807, 2.05) is 0 Å². The van der Waals surface area contributed by atoms with Crippen molar-refractivity contribution in [2.24, 2.45) is 0 Å². The van der Waals surface area contributed by atoms with Crippen molar-refractivity contribution in [3.8, 4) is 0 Å². The average Bonchev–Trinajstić information content (AvgIpc) is 2.86. The Bertz CT molecular complexity index is 630. The number of likely N-dealkylation sites (tertiary alicyclic amines) is 1. The Kier molecular flexibility index (Phi) is 4.63. The molecule has 1 aliphatic heterocycles. The van der Waals surface area contributed by atoms with Gasteiger partial charge >= 0.3 is 12.1 Å². The van der Waals surface area contributed by atoms with Gasteiger partial charge in [0.15, 0.2) is 0 Å². The average molecular weight is 333 g/mol. The fourth-order valence-corrected chi connectivity index (χ4v) is 2.84. The van der Waals surface area contributed by atoms with Crippen molar-refractivity contribution in [3.63, 3.8) is 0 Å². The standard InChI is InChI=1S/C15H15F4NO3/c1-8(20-12(14(22)23-2)5-6-13(20)21)10-4-3-9(16)7-11(10)15(17,18)19/h3-4,7-8,12H,5-6H2,1-2H3. The predicted octanol–water partition coefficient (Wildman–Crippen LogP) is 3.07. The second-order valence-corrected chi connectivity index (χ2v) is 5.28. The lowest BCUT2D eigenvalue weighted by Crippen LogP contribution is -2.41. The molecule has 0 N–H and O–H groups in total. The zero-order chi connectivity index (χ0) is 17.4. The van der Waals surface area contributed by atoms with Crippen molar-refractivity contribution < 1.29 is 31.9 Å². The number of hydrogen-bond acceptors (Lipinski definition) is 3. The van der Waals surface area contributed by atoms with Crippen molar-refractivity contribution in [2.75, 3.05) is 7.11 Å². The molecular weight excluding hydrogens is 318 g/mol. The number of ether oxygens (including phenoxy) is 1. The Labute approximate surface area is 130 Å². The van der Waals surface area contributed by atoms with Crippen LogP contribution in [0.1, 0.15) is 36.9 Å². The van der Waals surface area contributed by atoms with Crippen LogP contribution in [0.25, 0.3) is 0 Å². The minimum Gasteiger partial charge on any atom is -0.467 e. The molecule has 1 aromatic rings. The van der Waals surface area contributed by atoms with Gasteiger partial charge in [0.2, 0.25) is 5.91 Å². The lowest BCUT2D eigenvalue weighted by molar-refractivity contribution is -0.151. The SMILES string of the molecule is COC(=O)C1CCC(=O)N1C(C)c1ccc(F)cc1C(F)(F)F. The van der Waals surface area contributed by atoms with Crippen molar-refractivity contribution in [1.29, 1.82) is 0 Å². The fraction of sp³-hybridized carbons (Fsp3) is 0.467. The number of amides is 1. The first-order valence-corrected chi connectivity index (χ1v) is 6.92. The van der Waals surface area contributed by atoms with Gasteiger partial charge < -0.3 is 9.64 Å². The maximum atomic E-state index is 13.2. The number of nitrogens with zero attached hydrogens (tertiary/aromatic N) is 1. The molecule has 1 amide bonds. The number of halogens is 4. The highest BCUT2D eigenvalue weighted by Gasteiger charge is 2.43. The molecular formula is C15H15F4NO3. The van der Waals surface area contributed by atoms with Crippen LogP contribution in [-0.4, -0.2) is 29.9 Å². The van der Waals surface area contributed by atoms with Gasteiger partial charge in [0.05, 0.1) is 18.7 Å². The normalized spacial score (nSPS) is 19.8. The Morgan fingerprint density at radius 2 is 2.04 bits per heavy atom. The summed E-state index contributed by atoms with van der Waals surface area (Å²) in [4.78, 5) is 24.8. The van der Waals surface area contributed by atoms with E-state index in [4.69, 9.17) is 0 Å². The first-order chi connectivity index (χ1) is 10.7. The van der Waals surface area contributed by atoms with Crippen molar-refractivity contribution in [3.05, 3.63) is 35.1 Å². The molecule has 0 saturated carbocycles. The number of benzene rings is 1. The highest BCUT2D eigenvalue weighted by Crippen LogP contribution is 2.39. The number of carbonyl (C=O) groups excluding carboxylic acids is 2. The van der Waals surface area contributed by atoms with Crippen LogP contribution in [-0.2, 0) is 20.5 Å². The molecule has 2 atom stereocenters. The maximum Gasteiger partial charge on any atom is 0.416 e. The van der Waals surface area contributed by atoms with Crippen LogP contribution < -0.4 is 0 Å². The van der Waals surface area contributed by atoms with Crippen LogP contribution in [0.15, 0.2) is 18.2 Å². The van der Waals surface area contributed by atoms with Crippen LogP contribution in [0.2, 0.25) is 0 Å². The highest BCUT2D eigenvalue weighted by atomic mass is 19.4. The lowest BCUT2D eigenvalue weighted by atomic mass is 9.99. The minimum absolute atomic E-state index is 0.0483. The topological polar surface area (TPSA) is 46.6 Å². The number of esters is 1. The van der Waals surface area contributed by atoms with E-state index in [9.17, 15) is 27.2 Å². The molecule has 126 valence electrons. The molecule has 1 aliphatic rings. The van der Waals surface area contributed by atoms with Crippen molar-refractivity contribution in [2.45, 2.75) is 38.0 Å². The molecule has 2 unspecified atom stereocenters. The summed E-state index contributed by atoms with van der Waals surface area (Å²) in [5, 5.41) is 0. The van der Waals surface area contributed by atoms with Crippen LogP contribution in [0, 0.1) is 5.82 Å². The summed E-state index contributed by atoms with van der Waals surface area (Å²) in [5.74, 6) is -2.14. The number of alkyl halides is 3. The van der Waals surface area contributed by atoms with E-state index >= 15 is 0 Å². The first kappa shape index (κ1) is 17.2. The molecule has 4 nitrogen and oxygen atoms in total. The van der Waals surface area contributed by atoms with E-state index in [0.29, 0.717) is 6.07 Å². The maximum absolute atomic E-state index is 13.2. The third-order valence-electron chi connectivity index (χ3n) is 3.92. The molecule has 1 fully saturated rings. The van der Waals surface area contributed by atoms with E-state index in [0.717, 1.165) is 24.1 Å². The van der Waals surface area contributed by atoms with E-state index in [2.05, 4.69) is 4.74 Å². The smallest absolute Gasteiger partial charge is 0.416 e. The first-order valence-electron chi connectivity index (χ1n) is 6.92. The van der Waals surface area contributed by atoms with Crippen molar-refractivity contribution >= 4 is 11.9 Å². The monoisotopic (exact) mass is 333 g/mol. The zero-order valence-electron chi connectivity index (χ0n) is 12.5. The fourth-order valence-electron chi connectivity index (χ4n) is 2.84. The Balaban J connectivity index is 2.45. The summed E-state index contributed by atoms with van der Waals surface area (Å²) in [5.41, 5.74) is -1.42. The summed E-state index contributed by atoms with van der Waals surface area (Å²) in [7, 11) is 1.15. The Morgan fingerprint density at radius 1 is 1.39 bits per heavy atom. The Hall–Kier alpha value is -2.12. The van der Waals surface area contributed by atoms with Gasteiger partial charge in [0.25, 0.3) is 0 Å². The number of rotatable bonds is 3. The van der Waals surface area contributed by atoms with E-state index < -0.39 is 41.5 Å². The van der Waals surface area contributed by atoms with Crippen molar-refractivity contribution in [1.82, 2.24) is 4.90 Å². The molecule has 1 heterocycles. The molecule has 8 heteroatoms. The van der Waals surface area contributed by atoms with Crippen LogP contribution >= 0.6 is 0 Å². The van der Waals surface area contributed by atoms with Crippen LogP contribution in [0.4, 0.5) is 17.6 Å². The van der Waals surface area contributed by atoms with Gasteiger partial charge in [-0.2, -0.15) is 13.2 Å². The largest absolute Gasteiger partial charge is 0.467 e. The summed E-state index contributed by atoms with van der Waals surface area (Å²) in [6.07, 6.45) is -4.54. The van der Waals surface area contributed by atoms with E-state index in [1.165, 1.54) is 6.92 Å². The molecule has 1 saturated heterocycles. The number of methoxy groups -OCH3 is 1. The molecule has 0 aromatic heterocycles. The molecule has 0 bridgehead atoms. The zero-order valence-corrected chi connectivity index (χ0v) is 12.5. The highest BCUT2D eigenvalue weighted by molar-refractivity contribution is 5.88.